The number of thiol groups is 2. The third-order valence-corrected chi connectivity index (χ3v) is 7.84. The lowest BCUT2D eigenvalue weighted by molar-refractivity contribution is -0.142. The van der Waals surface area contributed by atoms with E-state index >= 15 is 0 Å². The van der Waals surface area contributed by atoms with Crippen molar-refractivity contribution in [3.05, 3.63) is 0 Å². The minimum atomic E-state index is -1.23. The summed E-state index contributed by atoms with van der Waals surface area (Å²) in [6.45, 7) is 7.22. The minimum absolute atomic E-state index is 0.0488. The maximum absolute atomic E-state index is 11.5. The molecule has 0 spiro atoms. The first-order valence-corrected chi connectivity index (χ1v) is 17.6. The molecule has 0 aromatic rings. The molecule has 3 unspecified atom stereocenters. The predicted octanol–water partition coefficient (Wildman–Crippen LogP) is -4.39. The van der Waals surface area contributed by atoms with Crippen molar-refractivity contribution in [3.63, 3.8) is 0 Å². The minimum Gasteiger partial charge on any atom is -0.481 e. The number of carbonyl (C=O) groups is 9. The molecule has 24 heteroatoms. The van der Waals surface area contributed by atoms with Crippen LogP contribution in [0.15, 0.2) is 0 Å². The summed E-state index contributed by atoms with van der Waals surface area (Å²) in [6, 6.07) is -3.67. The van der Waals surface area contributed by atoms with Crippen molar-refractivity contribution in [2.75, 3.05) is 37.3 Å². The first-order chi connectivity index (χ1) is 24.1. The highest BCUT2D eigenvalue weighted by Crippen LogP contribution is 2.08. The van der Waals surface area contributed by atoms with E-state index in [4.69, 9.17) is 44.0 Å². The Kier molecular flexibility index (Phi) is 36.2. The second kappa shape index (κ2) is 33.8. The SMILES string of the molecule is CC(=O)[C@H](C)NCN.C[C@H](NCN)C(=O)NC(CS)C(=O)CC(=O)O.C[C@H](NCN)C(=O)SCC(N)C(=O)CC(=O)O.NC(CS)C(=O)CC(=O)O. The summed E-state index contributed by atoms with van der Waals surface area (Å²) in [6.07, 6.45) is -1.77. The number of carboxylic acids is 3. The largest absolute Gasteiger partial charge is 0.481 e. The van der Waals surface area contributed by atoms with Crippen LogP contribution in [-0.2, 0) is 43.2 Å². The monoisotopic (exact) mass is 805 g/mol. The number of Topliss-reactive ketones (excluding diaryl/α,β-unsaturated/α-hetero) is 4. The molecular weight excluding hydrogens is 751 g/mol. The molecule has 6 atom stereocenters. The van der Waals surface area contributed by atoms with Gasteiger partial charge in [0.1, 0.15) is 25.0 Å². The number of hydrogen-bond acceptors (Lipinski definition) is 20. The van der Waals surface area contributed by atoms with Crippen LogP contribution in [0.3, 0.4) is 0 Å². The zero-order chi connectivity index (χ0) is 41.6. The summed E-state index contributed by atoms with van der Waals surface area (Å²) in [5.74, 6) is -5.25. The van der Waals surface area contributed by atoms with Crippen LogP contribution in [0.2, 0.25) is 0 Å². The molecular formula is C28H55N9O12S3. The van der Waals surface area contributed by atoms with E-state index in [-0.39, 0.29) is 47.5 Å². The van der Waals surface area contributed by atoms with E-state index in [0.29, 0.717) is 6.67 Å². The summed E-state index contributed by atoms with van der Waals surface area (Å²) in [4.78, 5) is 97.2. The Bertz CT molecular complexity index is 1150. The van der Waals surface area contributed by atoms with Gasteiger partial charge >= 0.3 is 17.9 Å². The zero-order valence-corrected chi connectivity index (χ0v) is 32.1. The summed E-state index contributed by atoms with van der Waals surface area (Å²) < 4.78 is 0. The molecule has 0 radical (unpaired) electrons. The summed E-state index contributed by atoms with van der Waals surface area (Å²) >= 11 is 8.53. The number of thioether (sulfide) groups is 1. The maximum Gasteiger partial charge on any atom is 0.310 e. The van der Waals surface area contributed by atoms with E-state index in [1.165, 1.54) is 6.92 Å². The van der Waals surface area contributed by atoms with Gasteiger partial charge in [-0.2, -0.15) is 25.3 Å². The van der Waals surface area contributed by atoms with Gasteiger partial charge in [0.05, 0.1) is 36.3 Å². The lowest BCUT2D eigenvalue weighted by atomic mass is 10.1. The van der Waals surface area contributed by atoms with Crippen molar-refractivity contribution >= 4 is 89.1 Å². The fourth-order valence-electron chi connectivity index (χ4n) is 2.70. The van der Waals surface area contributed by atoms with Crippen LogP contribution in [-0.4, -0.2) is 141 Å². The molecule has 17 N–H and O–H groups in total. The predicted molar refractivity (Wildman–Crippen MR) is 200 cm³/mol. The van der Waals surface area contributed by atoms with Gasteiger partial charge in [-0.05, 0) is 27.7 Å². The van der Waals surface area contributed by atoms with Crippen molar-refractivity contribution < 1.29 is 58.5 Å². The fraction of sp³-hybridized carbons (Fsp3) is 0.679. The lowest BCUT2D eigenvalue weighted by Gasteiger charge is -2.18. The molecule has 21 nitrogen and oxygen atoms in total. The van der Waals surface area contributed by atoms with Crippen molar-refractivity contribution in [3.8, 4) is 0 Å². The smallest absolute Gasteiger partial charge is 0.310 e. The average Bonchev–Trinajstić information content (AvgIpc) is 3.05. The summed E-state index contributed by atoms with van der Waals surface area (Å²) in [5.41, 5.74) is 26.2. The third-order valence-electron chi connectivity index (χ3n) is 5.92. The number of nitrogens with one attached hydrogen (secondary N) is 4. The molecule has 0 aliphatic carbocycles. The molecule has 0 saturated heterocycles. The average molecular weight is 806 g/mol. The molecule has 0 heterocycles. The highest BCUT2D eigenvalue weighted by molar-refractivity contribution is 8.13. The lowest BCUT2D eigenvalue weighted by Crippen LogP contribution is -2.51. The number of carbonyl (C=O) groups excluding carboxylic acids is 6. The number of nitrogens with two attached hydrogens (primary N) is 5. The third kappa shape index (κ3) is 32.8. The maximum atomic E-state index is 11.5. The molecule has 1 amide bonds. The van der Waals surface area contributed by atoms with Gasteiger partial charge in [-0.25, -0.2) is 0 Å². The molecule has 0 fully saturated rings. The Morgan fingerprint density at radius 2 is 1.00 bits per heavy atom. The Balaban J connectivity index is -0.000000309. The molecule has 52 heavy (non-hydrogen) atoms. The van der Waals surface area contributed by atoms with Crippen molar-refractivity contribution in [1.82, 2.24) is 21.3 Å². The van der Waals surface area contributed by atoms with Crippen LogP contribution in [0.1, 0.15) is 47.0 Å². The van der Waals surface area contributed by atoms with Gasteiger partial charge in [-0.15, -0.1) is 0 Å². The first kappa shape index (κ1) is 55.7. The summed E-state index contributed by atoms with van der Waals surface area (Å²) in [7, 11) is 0. The van der Waals surface area contributed by atoms with Gasteiger partial charge in [0, 0.05) is 37.3 Å². The van der Waals surface area contributed by atoms with Crippen molar-refractivity contribution in [2.24, 2.45) is 28.7 Å². The van der Waals surface area contributed by atoms with Gasteiger partial charge in [0.2, 0.25) is 11.0 Å². The highest BCUT2D eigenvalue weighted by atomic mass is 32.2. The summed E-state index contributed by atoms with van der Waals surface area (Å²) in [5, 5.41) is 35.4. The van der Waals surface area contributed by atoms with Crippen LogP contribution in [0.5, 0.6) is 0 Å². The molecule has 0 rings (SSSR count). The second-order valence-electron chi connectivity index (χ2n) is 10.4. The van der Waals surface area contributed by atoms with Gasteiger partial charge in [0.15, 0.2) is 17.3 Å². The number of amides is 1. The number of ketones is 4. The molecule has 0 aliphatic heterocycles. The van der Waals surface area contributed by atoms with Crippen molar-refractivity contribution in [2.45, 2.75) is 83.2 Å². The molecule has 302 valence electrons. The first-order valence-electron chi connectivity index (χ1n) is 15.3. The van der Waals surface area contributed by atoms with Crippen molar-refractivity contribution in [1.29, 1.82) is 0 Å². The second-order valence-corrected chi connectivity index (χ2v) is 12.1. The number of carboxylic acid groups (broad SMARTS) is 3. The van der Waals surface area contributed by atoms with E-state index in [9.17, 15) is 43.2 Å². The van der Waals surface area contributed by atoms with E-state index in [1.54, 1.807) is 20.8 Å². The van der Waals surface area contributed by atoms with E-state index in [2.05, 4.69) is 46.5 Å². The Labute approximate surface area is 317 Å². The van der Waals surface area contributed by atoms with E-state index in [0.717, 1.165) is 11.8 Å². The molecule has 0 saturated carbocycles. The molecule has 0 aromatic carbocycles. The van der Waals surface area contributed by atoms with E-state index in [1.807, 2.05) is 0 Å². The molecule has 0 aliphatic rings. The quantitative estimate of drug-likeness (QED) is 0.0263. The van der Waals surface area contributed by atoms with Gasteiger partial charge in [0.25, 0.3) is 0 Å². The van der Waals surface area contributed by atoms with Gasteiger partial charge < -0.3 is 49.3 Å². The Morgan fingerprint density at radius 1 is 0.615 bits per heavy atom. The zero-order valence-electron chi connectivity index (χ0n) is 29.5. The van der Waals surface area contributed by atoms with Gasteiger partial charge in [-0.1, -0.05) is 11.8 Å². The topological polar surface area (TPSA) is 393 Å². The van der Waals surface area contributed by atoms with Crippen LogP contribution in [0, 0.1) is 0 Å². The van der Waals surface area contributed by atoms with Crippen LogP contribution in [0.4, 0.5) is 0 Å². The van der Waals surface area contributed by atoms with Crippen LogP contribution in [0.25, 0.3) is 0 Å². The van der Waals surface area contributed by atoms with Gasteiger partial charge in [-0.3, -0.25) is 59.1 Å². The number of aliphatic carboxylic acids is 3. The van der Waals surface area contributed by atoms with Crippen LogP contribution >= 0.6 is 37.0 Å². The fourth-order valence-corrected chi connectivity index (χ4v) is 4.06. The standard InChI is InChI=1S/2C9H17N3O4S.C5H12N2O.C5H9NO3S/c1-5(12-4-10)9(16)17-3-6(11)7(13)2-8(14)15;1-5(11-4-10)9(16)12-6(3-17)7(13)2-8(14)15;1-4(5(2)8)7-3-6;6-3(2-10)4(7)1-5(8)9/h5-6,12H,2-4,10-11H2,1H3,(H,14,15);5-6,11,17H,2-4,10H2,1H3,(H,12,16)(H,14,15);4,7H,3,6H2,1-2H3;3,10H,1-2,6H2,(H,8,9)/t2*5-,6?;4-;/m000./s1. The number of hydrogen-bond donors (Lipinski definition) is 14. The van der Waals surface area contributed by atoms with Crippen LogP contribution < -0.4 is 49.9 Å². The molecule has 0 aromatic heterocycles. The van der Waals surface area contributed by atoms with E-state index < -0.39 is 90.6 Å². The normalized spacial score (nSPS) is 13.6. The Hall–Kier alpha value is -3.04. The molecule has 0 bridgehead atoms. The Morgan fingerprint density at radius 3 is 1.35 bits per heavy atom. The number of rotatable bonds is 23. The highest BCUT2D eigenvalue weighted by Gasteiger charge is 2.23.